The monoisotopic (exact) mass is 374 g/mol. The van der Waals surface area contributed by atoms with Gasteiger partial charge in [0.15, 0.2) is 5.82 Å². The first-order valence-electron chi connectivity index (χ1n) is 9.80. The number of hydrogen-bond donors (Lipinski definition) is 2. The van der Waals surface area contributed by atoms with Gasteiger partial charge in [0.1, 0.15) is 0 Å². The van der Waals surface area contributed by atoms with Crippen molar-refractivity contribution in [3.8, 4) is 11.1 Å². The molecule has 1 aliphatic rings. The lowest BCUT2D eigenvalue weighted by molar-refractivity contribution is 0.0935. The number of aromatic nitrogens is 2. The van der Waals surface area contributed by atoms with Crippen LogP contribution in [0.1, 0.15) is 49.5 Å². The number of nitrogens with one attached hydrogen (secondary N) is 2. The third-order valence-electron chi connectivity index (χ3n) is 5.31. The van der Waals surface area contributed by atoms with Crippen LogP contribution in [0.4, 0.5) is 5.82 Å². The summed E-state index contributed by atoms with van der Waals surface area (Å²) >= 11 is 0. The molecule has 1 aliphatic carbocycles. The predicted molar refractivity (Wildman–Crippen MR) is 114 cm³/mol. The van der Waals surface area contributed by atoms with Gasteiger partial charge in [0.05, 0.1) is 6.20 Å². The van der Waals surface area contributed by atoms with Crippen LogP contribution in [0, 0.1) is 6.92 Å². The van der Waals surface area contributed by atoms with E-state index in [9.17, 15) is 4.79 Å². The second-order valence-electron chi connectivity index (χ2n) is 8.34. The number of carbonyl (C=O) groups excluding carboxylic acids is 1. The van der Waals surface area contributed by atoms with Gasteiger partial charge in [-0.15, -0.1) is 5.10 Å². The van der Waals surface area contributed by atoms with E-state index >= 15 is 0 Å². The Bertz CT molecular complexity index is 1050. The molecule has 0 aliphatic heterocycles. The highest BCUT2D eigenvalue weighted by Gasteiger charge is 2.38. The molecule has 1 aromatic heterocycles. The van der Waals surface area contributed by atoms with Crippen LogP contribution in [-0.2, 0) is 0 Å². The van der Waals surface area contributed by atoms with Crippen LogP contribution < -0.4 is 10.6 Å². The SMILES string of the molecule is Cc1ccc(C(=O)NC2(C)CC2)cc1-c1ccc2c(NC(C)C)nncc2c1. The number of anilines is 1. The molecular formula is C23H26N4O. The predicted octanol–water partition coefficient (Wildman–Crippen LogP) is 4.71. The van der Waals surface area contributed by atoms with E-state index in [0.717, 1.165) is 46.1 Å². The zero-order chi connectivity index (χ0) is 19.9. The van der Waals surface area contributed by atoms with Crippen LogP contribution in [0.15, 0.2) is 42.6 Å². The van der Waals surface area contributed by atoms with Crippen molar-refractivity contribution in [3.63, 3.8) is 0 Å². The van der Waals surface area contributed by atoms with E-state index in [0.29, 0.717) is 5.56 Å². The minimum absolute atomic E-state index is 0.00340. The zero-order valence-corrected chi connectivity index (χ0v) is 16.8. The molecule has 1 heterocycles. The summed E-state index contributed by atoms with van der Waals surface area (Å²) in [4.78, 5) is 12.6. The lowest BCUT2D eigenvalue weighted by Gasteiger charge is -2.14. The van der Waals surface area contributed by atoms with Gasteiger partial charge in [-0.3, -0.25) is 4.79 Å². The number of aryl methyl sites for hydroxylation is 1. The molecule has 0 radical (unpaired) electrons. The molecule has 1 saturated carbocycles. The standard InChI is InChI=1S/C23H26N4O/c1-14(2)25-21-19-8-7-16(11-18(19)13-24-27-21)20-12-17(6-5-15(20)3)22(28)26-23(4)9-10-23/h5-8,11-14H,9-10H2,1-4H3,(H,25,27)(H,26,28). The van der Waals surface area contributed by atoms with Gasteiger partial charge in [-0.2, -0.15) is 5.10 Å². The van der Waals surface area contributed by atoms with Crippen molar-refractivity contribution in [1.82, 2.24) is 15.5 Å². The number of rotatable bonds is 5. The van der Waals surface area contributed by atoms with Crippen LogP contribution in [-0.4, -0.2) is 27.7 Å². The molecule has 5 heteroatoms. The molecule has 144 valence electrons. The average Bonchev–Trinajstić information content (AvgIpc) is 3.38. The number of hydrogen-bond acceptors (Lipinski definition) is 4. The molecule has 0 unspecified atom stereocenters. The van der Waals surface area contributed by atoms with Crippen molar-refractivity contribution in [2.45, 2.75) is 52.1 Å². The van der Waals surface area contributed by atoms with Crippen molar-refractivity contribution in [2.24, 2.45) is 0 Å². The highest BCUT2D eigenvalue weighted by atomic mass is 16.1. The van der Waals surface area contributed by atoms with Crippen molar-refractivity contribution in [3.05, 3.63) is 53.7 Å². The molecule has 4 rings (SSSR count). The first-order valence-corrected chi connectivity index (χ1v) is 9.80. The fourth-order valence-corrected chi connectivity index (χ4v) is 3.37. The lowest BCUT2D eigenvalue weighted by atomic mass is 9.96. The van der Waals surface area contributed by atoms with Gasteiger partial charge in [0.25, 0.3) is 5.91 Å². The van der Waals surface area contributed by atoms with Gasteiger partial charge in [0.2, 0.25) is 0 Å². The molecule has 28 heavy (non-hydrogen) atoms. The zero-order valence-electron chi connectivity index (χ0n) is 16.8. The lowest BCUT2D eigenvalue weighted by Crippen LogP contribution is -2.34. The van der Waals surface area contributed by atoms with Crippen molar-refractivity contribution < 1.29 is 4.79 Å². The second-order valence-corrected chi connectivity index (χ2v) is 8.34. The summed E-state index contributed by atoms with van der Waals surface area (Å²) in [5, 5.41) is 16.9. The summed E-state index contributed by atoms with van der Waals surface area (Å²) in [7, 11) is 0. The summed E-state index contributed by atoms with van der Waals surface area (Å²) in [6.07, 6.45) is 3.88. The Morgan fingerprint density at radius 3 is 2.64 bits per heavy atom. The Balaban J connectivity index is 1.71. The van der Waals surface area contributed by atoms with Crippen LogP contribution >= 0.6 is 0 Å². The highest BCUT2D eigenvalue weighted by molar-refractivity contribution is 5.98. The largest absolute Gasteiger partial charge is 0.366 e. The second kappa shape index (κ2) is 6.89. The maximum Gasteiger partial charge on any atom is 0.251 e. The van der Waals surface area contributed by atoms with Gasteiger partial charge < -0.3 is 10.6 Å². The van der Waals surface area contributed by atoms with E-state index in [2.05, 4.69) is 66.7 Å². The molecule has 0 saturated heterocycles. The van der Waals surface area contributed by atoms with Crippen molar-refractivity contribution in [1.29, 1.82) is 0 Å². The van der Waals surface area contributed by atoms with Crippen LogP contribution in [0.2, 0.25) is 0 Å². The molecule has 0 atom stereocenters. The molecule has 2 aromatic carbocycles. The smallest absolute Gasteiger partial charge is 0.251 e. The van der Waals surface area contributed by atoms with Gasteiger partial charge in [-0.1, -0.05) is 12.1 Å². The highest BCUT2D eigenvalue weighted by Crippen LogP contribution is 2.35. The van der Waals surface area contributed by atoms with Gasteiger partial charge in [-0.05, 0) is 81.5 Å². The molecule has 5 nitrogen and oxygen atoms in total. The summed E-state index contributed by atoms with van der Waals surface area (Å²) in [6, 6.07) is 12.5. The molecule has 0 spiro atoms. The maximum atomic E-state index is 12.6. The summed E-state index contributed by atoms with van der Waals surface area (Å²) in [5.41, 5.74) is 3.94. The Labute approximate surface area is 165 Å². The molecule has 0 bridgehead atoms. The van der Waals surface area contributed by atoms with E-state index in [-0.39, 0.29) is 17.5 Å². The Kier molecular flexibility index (Phi) is 4.53. The van der Waals surface area contributed by atoms with E-state index in [1.807, 2.05) is 18.2 Å². The van der Waals surface area contributed by atoms with Crippen molar-refractivity contribution in [2.75, 3.05) is 5.32 Å². The number of amides is 1. The molecule has 2 N–H and O–H groups in total. The van der Waals surface area contributed by atoms with Gasteiger partial charge in [0, 0.05) is 27.9 Å². The minimum Gasteiger partial charge on any atom is -0.366 e. The first kappa shape index (κ1) is 18.4. The molecule has 1 amide bonds. The van der Waals surface area contributed by atoms with Crippen LogP contribution in [0.5, 0.6) is 0 Å². The molecule has 1 fully saturated rings. The minimum atomic E-state index is -0.0242. The topological polar surface area (TPSA) is 66.9 Å². The number of benzene rings is 2. The number of fused-ring (bicyclic) bond motifs is 1. The normalized spacial score (nSPS) is 14.9. The van der Waals surface area contributed by atoms with Crippen LogP contribution in [0.25, 0.3) is 21.9 Å². The van der Waals surface area contributed by atoms with Crippen LogP contribution in [0.3, 0.4) is 0 Å². The Hall–Kier alpha value is -2.95. The number of carbonyl (C=O) groups is 1. The third-order valence-corrected chi connectivity index (χ3v) is 5.31. The Morgan fingerprint density at radius 1 is 1.14 bits per heavy atom. The van der Waals surface area contributed by atoms with Crippen molar-refractivity contribution >= 4 is 22.5 Å². The summed E-state index contributed by atoms with van der Waals surface area (Å²) in [6.45, 7) is 8.32. The summed E-state index contributed by atoms with van der Waals surface area (Å²) in [5.74, 6) is 0.790. The first-order chi connectivity index (χ1) is 13.3. The summed E-state index contributed by atoms with van der Waals surface area (Å²) < 4.78 is 0. The third kappa shape index (κ3) is 3.70. The van der Waals surface area contributed by atoms with E-state index < -0.39 is 0 Å². The van der Waals surface area contributed by atoms with E-state index in [4.69, 9.17) is 0 Å². The fraction of sp³-hybridized carbons (Fsp3) is 0.348. The Morgan fingerprint density at radius 2 is 1.93 bits per heavy atom. The average molecular weight is 374 g/mol. The maximum absolute atomic E-state index is 12.6. The van der Waals surface area contributed by atoms with E-state index in [1.165, 1.54) is 0 Å². The number of nitrogens with zero attached hydrogens (tertiary/aromatic N) is 2. The van der Waals surface area contributed by atoms with Gasteiger partial charge in [-0.25, -0.2) is 0 Å². The molecular weight excluding hydrogens is 348 g/mol. The molecule has 3 aromatic rings. The van der Waals surface area contributed by atoms with Gasteiger partial charge >= 0.3 is 0 Å². The quantitative estimate of drug-likeness (QED) is 0.679. The fourth-order valence-electron chi connectivity index (χ4n) is 3.37. The van der Waals surface area contributed by atoms with E-state index in [1.54, 1.807) is 6.20 Å².